The van der Waals surface area contributed by atoms with Crippen molar-refractivity contribution in [2.45, 2.75) is 6.54 Å². The molecule has 4 heteroatoms. The highest BCUT2D eigenvalue weighted by atomic mass is 35.5. The molecular weight excluding hydrogens is 227 g/mol. The van der Waals surface area contributed by atoms with Crippen LogP contribution >= 0.6 is 11.6 Å². The summed E-state index contributed by atoms with van der Waals surface area (Å²) in [4.78, 5) is 3.93. The minimum absolute atomic E-state index is 0.232. The van der Waals surface area contributed by atoms with E-state index >= 15 is 0 Å². The summed E-state index contributed by atoms with van der Waals surface area (Å²) < 4.78 is 13.6. The summed E-state index contributed by atoms with van der Waals surface area (Å²) in [7, 11) is 0. The summed E-state index contributed by atoms with van der Waals surface area (Å²) in [5.74, 6) is -0.292. The second-order valence-electron chi connectivity index (χ2n) is 3.31. The molecule has 0 fully saturated rings. The molecule has 1 aromatic heterocycles. The van der Waals surface area contributed by atoms with Gasteiger partial charge in [-0.05, 0) is 17.7 Å². The summed E-state index contributed by atoms with van der Waals surface area (Å²) in [5.41, 5.74) is 7.44. The van der Waals surface area contributed by atoms with Gasteiger partial charge in [0.25, 0.3) is 0 Å². The maximum absolute atomic E-state index is 13.6. The zero-order valence-electron chi connectivity index (χ0n) is 8.45. The summed E-state index contributed by atoms with van der Waals surface area (Å²) in [6.07, 6.45) is 1.54. The van der Waals surface area contributed by atoms with Gasteiger partial charge in [-0.15, -0.1) is 0 Å². The molecule has 0 bridgehead atoms. The quantitative estimate of drug-likeness (QED) is 0.815. The Morgan fingerprint density at radius 1 is 1.19 bits per heavy atom. The zero-order chi connectivity index (χ0) is 11.5. The van der Waals surface area contributed by atoms with Crippen molar-refractivity contribution in [3.63, 3.8) is 0 Å². The molecule has 1 heterocycles. The average molecular weight is 237 g/mol. The first-order valence-corrected chi connectivity index (χ1v) is 5.20. The zero-order valence-corrected chi connectivity index (χ0v) is 9.21. The third-order valence-electron chi connectivity index (χ3n) is 2.37. The van der Waals surface area contributed by atoms with Gasteiger partial charge in [0, 0.05) is 23.9 Å². The van der Waals surface area contributed by atoms with Crippen LogP contribution in [0.2, 0.25) is 5.15 Å². The first-order chi connectivity index (χ1) is 7.74. The Morgan fingerprint density at radius 3 is 2.62 bits per heavy atom. The van der Waals surface area contributed by atoms with Crippen LogP contribution in [0.5, 0.6) is 0 Å². The fourth-order valence-electron chi connectivity index (χ4n) is 1.59. The van der Waals surface area contributed by atoms with Crippen LogP contribution < -0.4 is 5.73 Å². The Labute approximate surface area is 97.9 Å². The summed E-state index contributed by atoms with van der Waals surface area (Å²) >= 11 is 5.92. The maximum Gasteiger partial charge on any atom is 0.134 e. The van der Waals surface area contributed by atoms with E-state index in [-0.39, 0.29) is 12.4 Å². The molecule has 2 aromatic rings. The monoisotopic (exact) mass is 236 g/mol. The third-order valence-corrected chi connectivity index (χ3v) is 2.70. The van der Waals surface area contributed by atoms with Crippen molar-refractivity contribution in [2.75, 3.05) is 0 Å². The van der Waals surface area contributed by atoms with Gasteiger partial charge in [-0.1, -0.05) is 29.8 Å². The third kappa shape index (κ3) is 1.92. The molecule has 0 saturated carbocycles. The van der Waals surface area contributed by atoms with E-state index in [0.29, 0.717) is 21.8 Å². The molecule has 2 N–H and O–H groups in total. The van der Waals surface area contributed by atoms with Crippen LogP contribution in [0.15, 0.2) is 36.5 Å². The van der Waals surface area contributed by atoms with Crippen molar-refractivity contribution in [3.8, 4) is 11.1 Å². The Morgan fingerprint density at radius 2 is 1.94 bits per heavy atom. The van der Waals surface area contributed by atoms with Gasteiger partial charge in [0.1, 0.15) is 11.0 Å². The molecule has 0 aliphatic rings. The van der Waals surface area contributed by atoms with Crippen LogP contribution in [0.25, 0.3) is 11.1 Å². The van der Waals surface area contributed by atoms with E-state index in [0.717, 1.165) is 0 Å². The van der Waals surface area contributed by atoms with Crippen molar-refractivity contribution >= 4 is 11.6 Å². The lowest BCUT2D eigenvalue weighted by Gasteiger charge is -2.09. The molecule has 0 spiro atoms. The molecule has 16 heavy (non-hydrogen) atoms. The predicted molar refractivity (Wildman–Crippen MR) is 62.5 cm³/mol. The van der Waals surface area contributed by atoms with E-state index in [1.807, 2.05) is 0 Å². The standard InChI is InChI=1S/C12H10ClFN2/c13-12-10(7-15)8(5-6-16-12)9-3-1-2-4-11(9)14/h1-6H,7,15H2. The van der Waals surface area contributed by atoms with Gasteiger partial charge in [-0.2, -0.15) is 0 Å². The van der Waals surface area contributed by atoms with Crippen LogP contribution in [0, 0.1) is 5.82 Å². The molecule has 82 valence electrons. The number of pyridine rings is 1. The van der Waals surface area contributed by atoms with Crippen LogP contribution in [-0.2, 0) is 6.54 Å². The Hall–Kier alpha value is -1.45. The van der Waals surface area contributed by atoms with Gasteiger partial charge < -0.3 is 5.73 Å². The Kier molecular flexibility index (Phi) is 3.17. The largest absolute Gasteiger partial charge is 0.326 e. The maximum atomic E-state index is 13.6. The summed E-state index contributed by atoms with van der Waals surface area (Å²) in [6, 6.07) is 8.23. The lowest BCUT2D eigenvalue weighted by atomic mass is 10.0. The predicted octanol–water partition coefficient (Wildman–Crippen LogP) is 3.00. The highest BCUT2D eigenvalue weighted by Crippen LogP contribution is 2.28. The van der Waals surface area contributed by atoms with Crippen LogP contribution in [0.4, 0.5) is 4.39 Å². The topological polar surface area (TPSA) is 38.9 Å². The Bertz CT molecular complexity index is 514. The van der Waals surface area contributed by atoms with E-state index in [1.54, 1.807) is 30.5 Å². The minimum Gasteiger partial charge on any atom is -0.326 e. The number of hydrogen-bond acceptors (Lipinski definition) is 2. The molecule has 0 radical (unpaired) electrons. The van der Waals surface area contributed by atoms with Crippen LogP contribution in [0.1, 0.15) is 5.56 Å². The number of nitrogens with zero attached hydrogens (tertiary/aromatic N) is 1. The highest BCUT2D eigenvalue weighted by Gasteiger charge is 2.11. The van der Waals surface area contributed by atoms with Crippen molar-refractivity contribution in [1.29, 1.82) is 0 Å². The van der Waals surface area contributed by atoms with E-state index in [4.69, 9.17) is 17.3 Å². The molecule has 0 unspecified atom stereocenters. The fraction of sp³-hybridized carbons (Fsp3) is 0.0833. The van der Waals surface area contributed by atoms with E-state index in [9.17, 15) is 4.39 Å². The SMILES string of the molecule is NCc1c(-c2ccccc2F)ccnc1Cl. The first-order valence-electron chi connectivity index (χ1n) is 4.82. The number of nitrogens with two attached hydrogens (primary N) is 1. The van der Waals surface area contributed by atoms with Gasteiger partial charge in [-0.25, -0.2) is 9.37 Å². The number of hydrogen-bond donors (Lipinski definition) is 1. The highest BCUT2D eigenvalue weighted by molar-refractivity contribution is 6.30. The molecule has 0 aliphatic carbocycles. The minimum atomic E-state index is -0.292. The normalized spacial score (nSPS) is 10.4. The van der Waals surface area contributed by atoms with Crippen molar-refractivity contribution in [3.05, 3.63) is 53.1 Å². The molecule has 2 nitrogen and oxygen atoms in total. The summed E-state index contributed by atoms with van der Waals surface area (Å²) in [5, 5.41) is 0.322. The van der Waals surface area contributed by atoms with Crippen molar-refractivity contribution in [1.82, 2.24) is 4.98 Å². The lowest BCUT2D eigenvalue weighted by Crippen LogP contribution is -2.02. The second-order valence-corrected chi connectivity index (χ2v) is 3.67. The second kappa shape index (κ2) is 4.60. The molecule has 0 aliphatic heterocycles. The number of halogens is 2. The number of aromatic nitrogens is 1. The van der Waals surface area contributed by atoms with Gasteiger partial charge in [0.2, 0.25) is 0 Å². The van der Waals surface area contributed by atoms with E-state index in [1.165, 1.54) is 6.07 Å². The van der Waals surface area contributed by atoms with Crippen molar-refractivity contribution < 1.29 is 4.39 Å². The molecule has 2 rings (SSSR count). The molecular formula is C12H10ClFN2. The van der Waals surface area contributed by atoms with Crippen LogP contribution in [-0.4, -0.2) is 4.98 Å². The Balaban J connectivity index is 2.65. The fourth-order valence-corrected chi connectivity index (χ4v) is 1.83. The van der Waals surface area contributed by atoms with Crippen molar-refractivity contribution in [2.24, 2.45) is 5.73 Å². The number of rotatable bonds is 2. The van der Waals surface area contributed by atoms with Gasteiger partial charge in [-0.3, -0.25) is 0 Å². The molecule has 0 atom stereocenters. The van der Waals surface area contributed by atoms with E-state index < -0.39 is 0 Å². The van der Waals surface area contributed by atoms with Crippen LogP contribution in [0.3, 0.4) is 0 Å². The summed E-state index contributed by atoms with van der Waals surface area (Å²) in [6.45, 7) is 0.232. The number of benzene rings is 1. The average Bonchev–Trinajstić information content (AvgIpc) is 2.29. The van der Waals surface area contributed by atoms with Gasteiger partial charge >= 0.3 is 0 Å². The first kappa shape index (κ1) is 11.0. The smallest absolute Gasteiger partial charge is 0.134 e. The molecule has 0 amide bonds. The van der Waals surface area contributed by atoms with Gasteiger partial charge in [0.15, 0.2) is 0 Å². The van der Waals surface area contributed by atoms with E-state index in [2.05, 4.69) is 4.98 Å². The molecule has 1 aromatic carbocycles. The lowest BCUT2D eigenvalue weighted by molar-refractivity contribution is 0.631. The molecule has 0 saturated heterocycles. The van der Waals surface area contributed by atoms with Gasteiger partial charge in [0.05, 0.1) is 0 Å².